The number of ether oxygens (including phenoxy) is 5. The zero-order chi connectivity index (χ0) is 51.7. The summed E-state index contributed by atoms with van der Waals surface area (Å²) in [6.07, 6.45) is 11.9. The Labute approximate surface area is 417 Å². The van der Waals surface area contributed by atoms with Gasteiger partial charge in [0.2, 0.25) is 13.2 Å². The fourth-order valence-electron chi connectivity index (χ4n) is 11.6. The molecule has 2 N–H and O–H groups in total. The third-order valence-corrected chi connectivity index (χ3v) is 18.8. The number of methoxy groups -OCH3 is 3. The predicted octanol–water partition coefficient (Wildman–Crippen LogP) is 7.74. The van der Waals surface area contributed by atoms with Gasteiger partial charge in [-0.25, -0.2) is 4.79 Å². The lowest BCUT2D eigenvalue weighted by Crippen LogP contribution is -2.65. The van der Waals surface area contributed by atoms with Gasteiger partial charge in [-0.05, 0) is 101 Å². The van der Waals surface area contributed by atoms with E-state index in [9.17, 15) is 38.8 Å². The average molecular weight is 1000 g/mol. The van der Waals surface area contributed by atoms with Crippen molar-refractivity contribution < 1.29 is 67.0 Å². The molecule has 0 aromatic heterocycles. The lowest BCUT2D eigenvalue weighted by Gasteiger charge is -2.50. The van der Waals surface area contributed by atoms with Gasteiger partial charge in [0.05, 0.1) is 24.4 Å². The number of carbonyl (C=O) groups is 5. The Balaban J connectivity index is 1.51. The molecule has 4 fully saturated rings. The molecule has 0 radical (unpaired) electrons. The number of ketones is 3. The van der Waals surface area contributed by atoms with Crippen LogP contribution in [0.4, 0.5) is 0 Å². The van der Waals surface area contributed by atoms with Gasteiger partial charge in [0, 0.05) is 76.7 Å². The largest absolute Gasteiger partial charge is 0.460 e. The summed E-state index contributed by atoms with van der Waals surface area (Å²) in [5.41, 5.74) is 1.27. The third-order valence-electron chi connectivity index (χ3n) is 16.2. The molecule has 16 heteroatoms. The van der Waals surface area contributed by atoms with E-state index in [-0.39, 0.29) is 48.6 Å². The maximum Gasteiger partial charge on any atom is 0.329 e. The van der Waals surface area contributed by atoms with Gasteiger partial charge < -0.3 is 43.3 Å². The number of Topliss-reactive ketones (excluding diaryl/α,β-unsaturated/α-hetero) is 3. The molecule has 5 aliphatic rings. The van der Waals surface area contributed by atoms with Crippen molar-refractivity contribution in [3.63, 3.8) is 0 Å². The number of aliphatic hydroxyl groups is 2. The quantitative estimate of drug-likeness (QED) is 0.0983. The molecule has 6 bridgehead atoms. The Bertz CT molecular complexity index is 2010. The zero-order valence-electron chi connectivity index (χ0n) is 43.7. The molecule has 4 aliphatic heterocycles. The van der Waals surface area contributed by atoms with E-state index >= 15 is 0 Å². The maximum atomic E-state index is 14.6. The van der Waals surface area contributed by atoms with Crippen molar-refractivity contribution in [3.05, 3.63) is 47.6 Å². The van der Waals surface area contributed by atoms with E-state index in [1.54, 1.807) is 41.1 Å². The second kappa shape index (κ2) is 25.7. The lowest BCUT2D eigenvalue weighted by molar-refractivity contribution is -0.266. The molecular weight excluding hydrogens is 918 g/mol. The van der Waals surface area contributed by atoms with Gasteiger partial charge >= 0.3 is 5.97 Å². The van der Waals surface area contributed by atoms with Crippen LogP contribution in [0.2, 0.25) is 0 Å². The van der Waals surface area contributed by atoms with Crippen LogP contribution < -0.4 is 0 Å². The van der Waals surface area contributed by atoms with Gasteiger partial charge in [0.1, 0.15) is 30.1 Å². The fourth-order valence-corrected chi connectivity index (χ4v) is 13.1. The summed E-state index contributed by atoms with van der Waals surface area (Å²) in [5, 5.41) is 23.6. The maximum absolute atomic E-state index is 14.6. The molecule has 16 atom stereocenters. The number of carbonyl (C=O) groups excluding carboxylic acids is 5. The van der Waals surface area contributed by atoms with E-state index in [2.05, 4.69) is 0 Å². The molecule has 1 saturated carbocycles. The summed E-state index contributed by atoms with van der Waals surface area (Å²) in [4.78, 5) is 72.8. The number of piperidine rings is 1. The van der Waals surface area contributed by atoms with E-state index < -0.39 is 97.0 Å². The van der Waals surface area contributed by atoms with Crippen LogP contribution in [-0.2, 0) is 56.7 Å². The van der Waals surface area contributed by atoms with Crippen LogP contribution in [0.1, 0.15) is 126 Å². The number of nitrogens with zero attached hydrogens (tertiary/aromatic N) is 1. The molecule has 394 valence electrons. The number of aliphatic hydroxyl groups excluding tert-OH is 1. The van der Waals surface area contributed by atoms with Crippen molar-refractivity contribution >= 4 is 36.6 Å². The number of hydrogen-bond acceptors (Lipinski definition) is 14. The van der Waals surface area contributed by atoms with E-state index in [0.717, 1.165) is 5.57 Å². The molecule has 3 saturated heterocycles. The van der Waals surface area contributed by atoms with Crippen LogP contribution in [-0.4, -0.2) is 139 Å². The van der Waals surface area contributed by atoms with E-state index in [1.165, 1.54) is 12.0 Å². The molecule has 0 spiro atoms. The lowest BCUT2D eigenvalue weighted by atomic mass is 9.68. The van der Waals surface area contributed by atoms with Crippen LogP contribution in [0.15, 0.2) is 47.6 Å². The standard InChI is InChI=1S/C54H84NO14P/c1-12-70(63,13-2)69-43-24-22-38(29-46(43)65-10)28-41-40-20-17-25-55-47(40)53(61)67-45(41)31-42(56)34(5)27-36(7)49(58)50(66-11)48(57)35(6)26-32(3)18-15-14-16-19-33(4)44(64-9)30-39-23-21-37(8)54(62,68-39)51(59)52(55)60/h14-16,18-19,27,32,34-35,37-41,43-47,49-50,58,62H,12-13,17,20-26,28-31H2,1-11H3/b16-14+,18-15+,33-19+,36-27+/t32?,34?,35?,37?,38?,39-,40?,41-,43+,44-,45?,46?,47?,49?,50-,54?/m0/s1. The Morgan fingerprint density at radius 1 is 0.843 bits per heavy atom. The minimum absolute atomic E-state index is 0.0150. The van der Waals surface area contributed by atoms with Gasteiger partial charge in [-0.1, -0.05) is 78.0 Å². The summed E-state index contributed by atoms with van der Waals surface area (Å²) in [6.45, 7) is 14.6. The van der Waals surface area contributed by atoms with Crippen LogP contribution in [0, 0.1) is 41.4 Å². The Morgan fingerprint density at radius 3 is 2.21 bits per heavy atom. The predicted molar refractivity (Wildman–Crippen MR) is 266 cm³/mol. The third kappa shape index (κ3) is 13.7. The molecule has 15 nitrogen and oxygen atoms in total. The van der Waals surface area contributed by atoms with Crippen molar-refractivity contribution in [1.82, 2.24) is 4.90 Å². The van der Waals surface area contributed by atoms with Crippen LogP contribution in [0.5, 0.6) is 0 Å². The van der Waals surface area contributed by atoms with Crippen molar-refractivity contribution in [1.29, 1.82) is 0 Å². The highest BCUT2D eigenvalue weighted by Gasteiger charge is 2.57. The molecule has 1 aliphatic carbocycles. The summed E-state index contributed by atoms with van der Waals surface area (Å²) >= 11 is 0. The Hall–Kier alpha value is -3.14. The number of hydrogen-bond donors (Lipinski definition) is 2. The summed E-state index contributed by atoms with van der Waals surface area (Å²) < 4.78 is 49.6. The summed E-state index contributed by atoms with van der Waals surface area (Å²) in [5.74, 6) is -8.61. The smallest absolute Gasteiger partial charge is 0.329 e. The van der Waals surface area contributed by atoms with Crippen molar-refractivity contribution in [2.24, 2.45) is 41.4 Å². The average Bonchev–Trinajstić information content (AvgIpc) is 3.34. The van der Waals surface area contributed by atoms with Gasteiger partial charge in [-0.15, -0.1) is 0 Å². The minimum atomic E-state index is -2.84. The second-order valence-electron chi connectivity index (χ2n) is 21.0. The first-order chi connectivity index (χ1) is 33.1. The van der Waals surface area contributed by atoms with Crippen molar-refractivity contribution in [2.75, 3.05) is 40.2 Å². The number of rotatable bonds is 9. The van der Waals surface area contributed by atoms with Gasteiger partial charge in [-0.2, -0.15) is 0 Å². The fraction of sp³-hybridized carbons (Fsp3) is 0.759. The number of allylic oxidation sites excluding steroid dienone is 6. The van der Waals surface area contributed by atoms with E-state index in [4.69, 9.17) is 28.2 Å². The van der Waals surface area contributed by atoms with Crippen LogP contribution >= 0.6 is 7.37 Å². The molecule has 0 aromatic carbocycles. The molecular formula is C54H84NO14P. The van der Waals surface area contributed by atoms with E-state index in [0.29, 0.717) is 82.1 Å². The Kier molecular flexibility index (Phi) is 21.2. The minimum Gasteiger partial charge on any atom is -0.460 e. The first-order valence-electron chi connectivity index (χ1n) is 25.9. The van der Waals surface area contributed by atoms with Crippen LogP contribution in [0.25, 0.3) is 0 Å². The number of fused-ring (bicyclic) bond motifs is 3. The summed E-state index contributed by atoms with van der Waals surface area (Å²) in [6, 6.07) is -1.15. The highest BCUT2D eigenvalue weighted by molar-refractivity contribution is 7.58. The normalized spacial score (nSPS) is 40.7. The zero-order valence-corrected chi connectivity index (χ0v) is 44.6. The number of amides is 1. The second-order valence-corrected chi connectivity index (χ2v) is 24.1. The molecule has 1 amide bonds. The van der Waals surface area contributed by atoms with Gasteiger partial charge in [0.15, 0.2) is 5.78 Å². The first kappa shape index (κ1) is 57.8. The number of esters is 1. The highest BCUT2D eigenvalue weighted by atomic mass is 31.2. The SMILES string of the molecule is CCP(=O)(CC)O[C@@H]1CCC(C[C@@H]2C3CC(=O)C(C)/C=C(\C)C(O)[C@@H](OC)C(=O)C(C)CC(C)/C=C/C=C/C=C(\C)[C@@H](OC)C[C@@H]4CCC(C)C(O)(O4)C(=O)C(=O)N4CCCC2C4C(=O)O3)CC1OC. The molecule has 0 aromatic rings. The molecule has 4 heterocycles. The van der Waals surface area contributed by atoms with Crippen molar-refractivity contribution in [3.8, 4) is 0 Å². The molecule has 5 rings (SSSR count). The first-order valence-corrected chi connectivity index (χ1v) is 27.9. The topological polar surface area (TPSA) is 201 Å². The van der Waals surface area contributed by atoms with Crippen molar-refractivity contribution in [2.45, 2.75) is 181 Å². The highest BCUT2D eigenvalue weighted by Crippen LogP contribution is 2.51. The molecule has 70 heavy (non-hydrogen) atoms. The van der Waals surface area contributed by atoms with Gasteiger partial charge in [0.25, 0.3) is 11.7 Å². The van der Waals surface area contributed by atoms with Gasteiger partial charge in [-0.3, -0.25) is 23.7 Å². The van der Waals surface area contributed by atoms with Crippen LogP contribution in [0.3, 0.4) is 0 Å². The molecule has 11 unspecified atom stereocenters. The van der Waals surface area contributed by atoms with E-state index in [1.807, 2.05) is 65.0 Å². The monoisotopic (exact) mass is 1000 g/mol. The summed E-state index contributed by atoms with van der Waals surface area (Å²) in [7, 11) is 1.74. The Morgan fingerprint density at radius 2 is 1.56 bits per heavy atom.